The molecular weight excluding hydrogens is 1160 g/mol. The van der Waals surface area contributed by atoms with E-state index in [9.17, 15) is 0 Å². The Labute approximate surface area is 560 Å². The topological polar surface area (TPSA) is 12.5 Å². The summed E-state index contributed by atoms with van der Waals surface area (Å²) in [6.45, 7) is 28.2. The molecule has 0 saturated heterocycles. The first-order valence-corrected chi connectivity index (χ1v) is 34.5. The fraction of sp³-hybridized carbons (Fsp3) is 0.209. The zero-order valence-electron chi connectivity index (χ0n) is 56.1. The van der Waals surface area contributed by atoms with Gasteiger partial charge in [-0.2, -0.15) is 0 Å². The minimum absolute atomic E-state index is 0.0903. The highest BCUT2D eigenvalue weighted by Crippen LogP contribution is 2.67. The zero-order valence-corrected chi connectivity index (χ0v) is 56.9. The van der Waals surface area contributed by atoms with Crippen LogP contribution >= 0.6 is 11.8 Å². The lowest BCUT2D eigenvalue weighted by Crippen LogP contribution is -2.33. The van der Waals surface area contributed by atoms with Gasteiger partial charge in [-0.3, -0.25) is 0 Å². The molecule has 0 amide bonds. The van der Waals surface area contributed by atoms with E-state index >= 15 is 0 Å². The standard InChI is InChI=1S/C91H79NOS/c1-85(2,3)58-35-42-67-68-43-36-59(86(4,5)6)50-75(68)91(74(67)49-58)73-33-23-24-34-81(73)93-82-46-41-64(55-78(82)91)92(62-39-44-69-65-29-19-21-31-71(65)89(76(69)53-62,56-25-15-13-16-26-56)57-27-17-14-18-28-57)63-40-45-70-66-30-20-22-32-72(66)90(77(70)54-63)79-51-60(87(7,8)9)37-47-83(79)94-84-48-38-61(52-80(84)90)88(10,11)12/h13-55H,1-12H3. The second-order valence-electron chi connectivity index (χ2n) is 31.2. The van der Waals surface area contributed by atoms with Gasteiger partial charge in [-0.05, 0) is 194 Å². The number of benzene rings is 12. The fourth-order valence-electron chi connectivity index (χ4n) is 17.0. The summed E-state index contributed by atoms with van der Waals surface area (Å²) in [7, 11) is 0. The lowest BCUT2D eigenvalue weighted by Gasteiger charge is -2.42. The van der Waals surface area contributed by atoms with E-state index in [-0.39, 0.29) is 21.7 Å². The van der Waals surface area contributed by atoms with Crippen molar-refractivity contribution in [1.29, 1.82) is 0 Å². The summed E-state index contributed by atoms with van der Waals surface area (Å²) in [5.41, 5.74) is 28.8. The van der Waals surface area contributed by atoms with Gasteiger partial charge in [-0.1, -0.05) is 295 Å². The average Bonchev–Trinajstić information content (AvgIpc) is 1.49. The van der Waals surface area contributed by atoms with Crippen LogP contribution in [-0.4, -0.2) is 0 Å². The Hall–Kier alpha value is -9.41. The molecule has 0 aromatic heterocycles. The Kier molecular flexibility index (Phi) is 12.6. The Bertz CT molecular complexity index is 4970. The van der Waals surface area contributed by atoms with Crippen LogP contribution in [0.1, 0.15) is 172 Å². The van der Waals surface area contributed by atoms with Gasteiger partial charge in [-0.25, -0.2) is 0 Å². The molecule has 2 spiro atoms. The van der Waals surface area contributed by atoms with E-state index in [4.69, 9.17) is 4.74 Å². The molecule has 2 heterocycles. The maximum atomic E-state index is 7.34. The first-order chi connectivity index (χ1) is 45.1. The molecule has 0 saturated carbocycles. The van der Waals surface area contributed by atoms with Crippen LogP contribution in [0.15, 0.2) is 271 Å². The van der Waals surface area contributed by atoms with Crippen molar-refractivity contribution in [2.45, 2.75) is 131 Å². The largest absolute Gasteiger partial charge is 0.457 e. The van der Waals surface area contributed by atoms with E-state index in [2.05, 4.69) is 349 Å². The van der Waals surface area contributed by atoms with Crippen molar-refractivity contribution >= 4 is 28.8 Å². The van der Waals surface area contributed by atoms with Crippen LogP contribution in [0.4, 0.5) is 17.1 Å². The Morgan fingerprint density at radius 2 is 0.574 bits per heavy atom. The third kappa shape index (κ3) is 8.22. The van der Waals surface area contributed by atoms with Gasteiger partial charge in [0.15, 0.2) is 0 Å². The van der Waals surface area contributed by atoms with Crippen LogP contribution in [-0.2, 0) is 37.9 Å². The number of nitrogens with zero attached hydrogens (tertiary/aromatic N) is 1. The quantitative estimate of drug-likeness (QED) is 0.170. The molecule has 2 aliphatic heterocycles. The summed E-state index contributed by atoms with van der Waals surface area (Å²) in [6, 6.07) is 101. The highest BCUT2D eigenvalue weighted by molar-refractivity contribution is 7.99. The van der Waals surface area contributed by atoms with Gasteiger partial charge < -0.3 is 9.64 Å². The molecule has 94 heavy (non-hydrogen) atoms. The third-order valence-electron chi connectivity index (χ3n) is 21.7. The molecule has 5 aliphatic rings. The van der Waals surface area contributed by atoms with Crippen LogP contribution in [0.5, 0.6) is 11.5 Å². The number of hydrogen-bond donors (Lipinski definition) is 0. The first-order valence-electron chi connectivity index (χ1n) is 33.7. The van der Waals surface area contributed by atoms with Crippen LogP contribution in [0.2, 0.25) is 0 Å². The van der Waals surface area contributed by atoms with Gasteiger partial charge in [-0.15, -0.1) is 0 Å². The first kappa shape index (κ1) is 58.4. The lowest BCUT2D eigenvalue weighted by atomic mass is 9.65. The van der Waals surface area contributed by atoms with E-state index in [0.717, 1.165) is 39.7 Å². The minimum atomic E-state index is -0.749. The molecule has 460 valence electrons. The summed E-state index contributed by atoms with van der Waals surface area (Å²) in [4.78, 5) is 5.19. The highest BCUT2D eigenvalue weighted by Gasteiger charge is 2.54. The lowest BCUT2D eigenvalue weighted by molar-refractivity contribution is 0.436. The van der Waals surface area contributed by atoms with E-state index < -0.39 is 16.2 Å². The summed E-state index contributed by atoms with van der Waals surface area (Å²) in [6.07, 6.45) is 0. The predicted octanol–water partition coefficient (Wildman–Crippen LogP) is 24.0. The van der Waals surface area contributed by atoms with Gasteiger partial charge in [0, 0.05) is 38.0 Å². The van der Waals surface area contributed by atoms with Crippen molar-refractivity contribution < 1.29 is 4.74 Å². The molecule has 0 N–H and O–H groups in total. The molecular formula is C91H79NOS. The van der Waals surface area contributed by atoms with Gasteiger partial charge in [0.2, 0.25) is 0 Å². The number of para-hydroxylation sites is 1. The minimum Gasteiger partial charge on any atom is -0.457 e. The summed E-state index contributed by atoms with van der Waals surface area (Å²) < 4.78 is 7.34. The monoisotopic (exact) mass is 1230 g/mol. The van der Waals surface area contributed by atoms with Crippen molar-refractivity contribution in [1.82, 2.24) is 0 Å². The second kappa shape index (κ2) is 20.3. The Morgan fingerprint density at radius 1 is 0.255 bits per heavy atom. The van der Waals surface area contributed by atoms with Gasteiger partial charge >= 0.3 is 0 Å². The molecule has 0 bridgehead atoms. The van der Waals surface area contributed by atoms with Crippen molar-refractivity contribution in [3.8, 4) is 44.9 Å². The number of ether oxygens (including phenoxy) is 1. The van der Waals surface area contributed by atoms with E-state index in [1.807, 2.05) is 11.8 Å². The molecule has 3 aliphatic carbocycles. The van der Waals surface area contributed by atoms with E-state index in [1.165, 1.54) is 121 Å². The van der Waals surface area contributed by atoms with Crippen LogP contribution < -0.4 is 9.64 Å². The van der Waals surface area contributed by atoms with Gasteiger partial charge in [0.05, 0.1) is 16.2 Å². The maximum absolute atomic E-state index is 7.34. The average molecular weight is 1230 g/mol. The number of rotatable bonds is 5. The molecule has 0 atom stereocenters. The molecule has 12 aromatic rings. The molecule has 0 radical (unpaired) electrons. The fourth-order valence-corrected chi connectivity index (χ4v) is 18.2. The summed E-state index contributed by atoms with van der Waals surface area (Å²) >= 11 is 1.93. The van der Waals surface area contributed by atoms with Crippen molar-refractivity contribution in [3.63, 3.8) is 0 Å². The number of hydrogen-bond acceptors (Lipinski definition) is 3. The normalized spacial score (nSPS) is 15.3. The van der Waals surface area contributed by atoms with Crippen molar-refractivity contribution in [2.75, 3.05) is 4.90 Å². The number of anilines is 3. The molecule has 0 fully saturated rings. The van der Waals surface area contributed by atoms with Gasteiger partial charge in [0.1, 0.15) is 11.5 Å². The second-order valence-corrected chi connectivity index (χ2v) is 32.3. The Morgan fingerprint density at radius 3 is 1.04 bits per heavy atom. The summed E-state index contributed by atoms with van der Waals surface area (Å²) in [5.74, 6) is 1.75. The molecule has 12 aromatic carbocycles. The van der Waals surface area contributed by atoms with E-state index in [0.29, 0.717) is 0 Å². The van der Waals surface area contributed by atoms with Gasteiger partial charge in [0.25, 0.3) is 0 Å². The number of fused-ring (bicyclic) bond motifs is 21. The van der Waals surface area contributed by atoms with Crippen LogP contribution in [0.3, 0.4) is 0 Å². The molecule has 3 heteroatoms. The smallest absolute Gasteiger partial charge is 0.132 e. The van der Waals surface area contributed by atoms with Crippen molar-refractivity contribution in [3.05, 3.63) is 350 Å². The maximum Gasteiger partial charge on any atom is 0.132 e. The summed E-state index contributed by atoms with van der Waals surface area (Å²) in [5, 5.41) is 0. The van der Waals surface area contributed by atoms with E-state index in [1.54, 1.807) is 0 Å². The van der Waals surface area contributed by atoms with Crippen molar-refractivity contribution in [2.24, 2.45) is 0 Å². The van der Waals surface area contributed by atoms with Crippen LogP contribution in [0.25, 0.3) is 33.4 Å². The zero-order chi connectivity index (χ0) is 64.6. The SMILES string of the molecule is CC(C)(C)c1ccc2c(c1)C1(c3cc(C(C)(C)C)ccc3S2)c2ccccc2-c2ccc(N(c3ccc4c(c3)C3(c5ccccc5O4)c4cc(C(C)(C)C)ccc4-c4ccc(C(C)(C)C)cc43)c3ccc4c(c3)C(c3ccccc3)(c3ccccc3)c3ccccc3-4)cc21. The van der Waals surface area contributed by atoms with Crippen LogP contribution in [0, 0.1) is 0 Å². The molecule has 0 unspecified atom stereocenters. The third-order valence-corrected chi connectivity index (χ3v) is 22.9. The highest BCUT2D eigenvalue weighted by atomic mass is 32.2. The Balaban J connectivity index is 0.993. The predicted molar refractivity (Wildman–Crippen MR) is 392 cm³/mol. The molecule has 17 rings (SSSR count). The molecule has 2 nitrogen and oxygen atoms in total.